The molecular weight excluding hydrogens is 740 g/mol. The van der Waals surface area contributed by atoms with Crippen LogP contribution in [0.4, 0.5) is 0 Å². The van der Waals surface area contributed by atoms with E-state index in [0.29, 0.717) is 46.7 Å². The summed E-state index contributed by atoms with van der Waals surface area (Å²) in [6.45, 7) is 1.80. The lowest BCUT2D eigenvalue weighted by Gasteiger charge is -2.38. The zero-order valence-electron chi connectivity index (χ0n) is 28.1. The average molecular weight is 781 g/mol. The van der Waals surface area contributed by atoms with Gasteiger partial charge in [0, 0.05) is 35.2 Å². The Bertz CT molecular complexity index is 1860. The zero-order chi connectivity index (χ0) is 33.7. The summed E-state index contributed by atoms with van der Waals surface area (Å²) in [6, 6.07) is 16.8. The lowest BCUT2D eigenvalue weighted by Crippen LogP contribution is -2.34. The minimum absolute atomic E-state index is 0.0712. The van der Waals surface area contributed by atoms with Gasteiger partial charge in [0.25, 0.3) is 0 Å². The van der Waals surface area contributed by atoms with Crippen molar-refractivity contribution in [3.05, 3.63) is 90.9 Å². The number of likely N-dealkylation sites (N-methyl/N-ethyl adjacent to an activating group) is 2. The van der Waals surface area contributed by atoms with E-state index in [-0.39, 0.29) is 12.1 Å². The Balaban J connectivity index is 1.50. The van der Waals surface area contributed by atoms with Crippen LogP contribution in [0.2, 0.25) is 0 Å². The van der Waals surface area contributed by atoms with E-state index < -0.39 is 0 Å². The summed E-state index contributed by atoms with van der Waals surface area (Å²) in [5.74, 6) is 5.16. The van der Waals surface area contributed by atoms with Crippen LogP contribution in [0.1, 0.15) is 45.5 Å². The van der Waals surface area contributed by atoms with E-state index in [1.807, 2.05) is 18.2 Å². The monoisotopic (exact) mass is 778 g/mol. The molecule has 0 N–H and O–H groups in total. The molecule has 252 valence electrons. The second-order valence-electron chi connectivity index (χ2n) is 12.6. The number of fused-ring (bicyclic) bond motifs is 2. The molecule has 8 nitrogen and oxygen atoms in total. The molecule has 0 radical (unpaired) electrons. The van der Waals surface area contributed by atoms with Crippen molar-refractivity contribution in [3.8, 4) is 46.0 Å². The Morgan fingerprint density at radius 3 is 2.06 bits per heavy atom. The summed E-state index contributed by atoms with van der Waals surface area (Å²) < 4.78 is 39.2. The fraction of sp³-hybridized carbons (Fsp3) is 0.368. The van der Waals surface area contributed by atoms with Crippen LogP contribution >= 0.6 is 31.9 Å². The first-order chi connectivity index (χ1) is 23.2. The van der Waals surface area contributed by atoms with Gasteiger partial charge in [-0.05, 0) is 120 Å². The Hall–Kier alpha value is -3.44. The number of ether oxygens (including phenoxy) is 6. The van der Waals surface area contributed by atoms with Crippen molar-refractivity contribution in [3.63, 3.8) is 0 Å². The minimum Gasteiger partial charge on any atom is -0.493 e. The Labute approximate surface area is 299 Å². The molecule has 4 heterocycles. The van der Waals surface area contributed by atoms with Crippen molar-refractivity contribution in [2.75, 3.05) is 55.6 Å². The van der Waals surface area contributed by atoms with Crippen molar-refractivity contribution >= 4 is 31.9 Å². The number of hydrogen-bond donors (Lipinski definition) is 0. The molecule has 48 heavy (non-hydrogen) atoms. The molecule has 0 fully saturated rings. The summed E-state index contributed by atoms with van der Waals surface area (Å²) in [5, 5.41) is 0. The van der Waals surface area contributed by atoms with Crippen LogP contribution in [0, 0.1) is 0 Å². The Morgan fingerprint density at radius 2 is 1.35 bits per heavy atom. The number of rotatable bonds is 4. The third kappa shape index (κ3) is 5.80. The van der Waals surface area contributed by atoms with Gasteiger partial charge in [0.15, 0.2) is 34.5 Å². The molecule has 4 aromatic carbocycles. The van der Waals surface area contributed by atoms with Crippen molar-refractivity contribution in [1.82, 2.24) is 9.80 Å². The van der Waals surface area contributed by atoms with Gasteiger partial charge in [-0.2, -0.15) is 0 Å². The molecular formula is C38H40Br2N2O6. The van der Waals surface area contributed by atoms with E-state index in [2.05, 4.69) is 86.1 Å². The number of methoxy groups -OCH3 is 4. The maximum absolute atomic E-state index is 7.08. The molecule has 0 unspecified atom stereocenters. The molecule has 0 spiro atoms. The van der Waals surface area contributed by atoms with Crippen molar-refractivity contribution in [2.45, 2.75) is 37.8 Å². The summed E-state index contributed by atoms with van der Waals surface area (Å²) in [7, 11) is 11.0. The minimum atomic E-state index is -0.0712. The fourth-order valence-electron chi connectivity index (χ4n) is 7.38. The van der Waals surface area contributed by atoms with E-state index in [4.69, 9.17) is 28.4 Å². The second-order valence-corrected chi connectivity index (χ2v) is 14.3. The topological polar surface area (TPSA) is 61.9 Å². The van der Waals surface area contributed by atoms with E-state index in [1.165, 1.54) is 16.7 Å². The third-order valence-corrected chi connectivity index (χ3v) is 11.6. The maximum atomic E-state index is 7.08. The van der Waals surface area contributed by atoms with Crippen molar-refractivity contribution in [2.24, 2.45) is 0 Å². The van der Waals surface area contributed by atoms with E-state index >= 15 is 0 Å². The van der Waals surface area contributed by atoms with Crippen molar-refractivity contribution < 1.29 is 28.4 Å². The van der Waals surface area contributed by atoms with Gasteiger partial charge in [0.05, 0.1) is 32.9 Å². The Morgan fingerprint density at radius 1 is 0.688 bits per heavy atom. The standard InChI is InChI=1S/C38H40Br2N2O6/c1-41-13-11-22-17-30(43-3)33-19-26(22)28(41)15-21-7-9-24(10-8-21)47-32-18-23(27(39)20-31(32)44-4)16-29-34-25(12-14-42(29)2)35(40)37(45-5)38(46-6)36(34)48-33/h7-10,17-20,28-29H,11-16H2,1-6H3/t28-,29-/m0/s1. The fourth-order valence-corrected chi connectivity index (χ4v) is 8.62. The van der Waals surface area contributed by atoms with Crippen LogP contribution in [-0.4, -0.2) is 65.4 Å². The number of nitrogens with zero attached hydrogens (tertiary/aromatic N) is 2. The highest BCUT2D eigenvalue weighted by Gasteiger charge is 2.37. The van der Waals surface area contributed by atoms with Gasteiger partial charge >= 0.3 is 0 Å². The van der Waals surface area contributed by atoms with E-state index in [0.717, 1.165) is 63.7 Å². The lowest BCUT2D eigenvalue weighted by molar-refractivity contribution is 0.219. The summed E-state index contributed by atoms with van der Waals surface area (Å²) in [5.41, 5.74) is 6.97. The normalized spacial score (nSPS) is 18.9. The third-order valence-electron chi connectivity index (χ3n) is 10.0. The summed E-state index contributed by atoms with van der Waals surface area (Å²) in [6.07, 6.45) is 3.23. The molecule has 0 aromatic heterocycles. The number of benzene rings is 4. The van der Waals surface area contributed by atoms with Gasteiger partial charge in [0.2, 0.25) is 5.75 Å². The number of hydrogen-bond acceptors (Lipinski definition) is 8. The second kappa shape index (κ2) is 13.5. The van der Waals surface area contributed by atoms with Crippen molar-refractivity contribution in [1.29, 1.82) is 0 Å². The first-order valence-corrected chi connectivity index (χ1v) is 17.7. The largest absolute Gasteiger partial charge is 0.493 e. The van der Waals surface area contributed by atoms with Crippen LogP contribution in [-0.2, 0) is 25.7 Å². The molecule has 0 amide bonds. The maximum Gasteiger partial charge on any atom is 0.205 e. The quantitative estimate of drug-likeness (QED) is 0.204. The van der Waals surface area contributed by atoms with Crippen LogP contribution in [0.5, 0.6) is 46.0 Å². The first-order valence-electron chi connectivity index (χ1n) is 16.1. The SMILES string of the molecule is COc1cc(Br)c2cc1Oc1ccc(cc1)C[C@H]1c3cc(c(OC)cc3CCN1C)Oc1c(OC)c(OC)c(Br)c3c1[C@H](C2)N(C)CC3. The molecule has 6 bridgehead atoms. The molecule has 8 rings (SSSR count). The average Bonchev–Trinajstić information content (AvgIpc) is 3.09. The molecule has 4 aliphatic rings. The van der Waals surface area contributed by atoms with Gasteiger partial charge in [-0.15, -0.1) is 0 Å². The first kappa shape index (κ1) is 33.1. The van der Waals surface area contributed by atoms with Crippen LogP contribution in [0.25, 0.3) is 0 Å². The molecule has 2 atom stereocenters. The van der Waals surface area contributed by atoms with Gasteiger partial charge in [-0.3, -0.25) is 9.80 Å². The summed E-state index contributed by atoms with van der Waals surface area (Å²) >= 11 is 7.74. The predicted molar refractivity (Wildman–Crippen MR) is 193 cm³/mol. The smallest absolute Gasteiger partial charge is 0.205 e. The summed E-state index contributed by atoms with van der Waals surface area (Å²) in [4.78, 5) is 4.79. The van der Waals surface area contributed by atoms with Crippen LogP contribution < -0.4 is 28.4 Å². The van der Waals surface area contributed by atoms with Crippen LogP contribution in [0.3, 0.4) is 0 Å². The Kier molecular flexibility index (Phi) is 9.28. The molecule has 4 aliphatic heterocycles. The molecule has 0 aliphatic carbocycles. The van der Waals surface area contributed by atoms with Gasteiger partial charge in [-0.25, -0.2) is 0 Å². The molecule has 10 heteroatoms. The highest BCUT2D eigenvalue weighted by molar-refractivity contribution is 9.11. The highest BCUT2D eigenvalue weighted by Crippen LogP contribution is 2.55. The van der Waals surface area contributed by atoms with Gasteiger partial charge in [0.1, 0.15) is 5.75 Å². The molecule has 0 saturated heterocycles. The zero-order valence-corrected chi connectivity index (χ0v) is 31.3. The van der Waals surface area contributed by atoms with E-state index in [9.17, 15) is 0 Å². The highest BCUT2D eigenvalue weighted by atomic mass is 79.9. The van der Waals surface area contributed by atoms with Gasteiger partial charge < -0.3 is 28.4 Å². The van der Waals surface area contributed by atoms with Crippen LogP contribution in [0.15, 0.2) is 57.5 Å². The lowest BCUT2D eigenvalue weighted by atomic mass is 9.87. The molecule has 4 aromatic rings. The van der Waals surface area contributed by atoms with Gasteiger partial charge in [-0.1, -0.05) is 28.1 Å². The number of halogens is 2. The predicted octanol–water partition coefficient (Wildman–Crippen LogP) is 8.69. The van der Waals surface area contributed by atoms with E-state index in [1.54, 1.807) is 28.4 Å². The molecule has 0 saturated carbocycles.